The molecule has 5 nitrogen and oxygen atoms in total. The SMILES string of the molecule is CCCN1CCN(c2ccnc(NCC)n2)CC1. The van der Waals surface area contributed by atoms with Crippen molar-refractivity contribution in [1.29, 1.82) is 0 Å². The number of rotatable bonds is 5. The highest BCUT2D eigenvalue weighted by Crippen LogP contribution is 2.14. The van der Waals surface area contributed by atoms with Crippen LogP contribution in [0.25, 0.3) is 0 Å². The lowest BCUT2D eigenvalue weighted by Crippen LogP contribution is -2.46. The third-order valence-electron chi connectivity index (χ3n) is 3.21. The first kappa shape index (κ1) is 13.1. The lowest BCUT2D eigenvalue weighted by Gasteiger charge is -2.35. The molecule has 1 N–H and O–H groups in total. The van der Waals surface area contributed by atoms with Crippen molar-refractivity contribution in [2.24, 2.45) is 0 Å². The van der Waals surface area contributed by atoms with Gasteiger partial charge in [-0.25, -0.2) is 4.98 Å². The van der Waals surface area contributed by atoms with Crippen LogP contribution in [0, 0.1) is 0 Å². The second-order valence-electron chi connectivity index (χ2n) is 4.60. The molecule has 1 saturated heterocycles. The number of hydrogen-bond donors (Lipinski definition) is 1. The smallest absolute Gasteiger partial charge is 0.224 e. The van der Waals surface area contributed by atoms with Gasteiger partial charge in [-0.1, -0.05) is 6.92 Å². The minimum atomic E-state index is 0.728. The van der Waals surface area contributed by atoms with Crippen LogP contribution < -0.4 is 10.2 Å². The Morgan fingerprint density at radius 1 is 1.22 bits per heavy atom. The maximum atomic E-state index is 4.54. The number of aromatic nitrogens is 2. The number of hydrogen-bond acceptors (Lipinski definition) is 5. The molecule has 0 spiro atoms. The third-order valence-corrected chi connectivity index (χ3v) is 3.21. The van der Waals surface area contributed by atoms with Crippen LogP contribution in [-0.4, -0.2) is 54.1 Å². The summed E-state index contributed by atoms with van der Waals surface area (Å²) in [6.07, 6.45) is 3.07. The minimum Gasteiger partial charge on any atom is -0.354 e. The second-order valence-corrected chi connectivity index (χ2v) is 4.60. The Bertz CT molecular complexity index is 360. The van der Waals surface area contributed by atoms with Crippen molar-refractivity contribution in [1.82, 2.24) is 14.9 Å². The zero-order valence-corrected chi connectivity index (χ0v) is 11.4. The lowest BCUT2D eigenvalue weighted by atomic mass is 10.3. The summed E-state index contributed by atoms with van der Waals surface area (Å²) < 4.78 is 0. The Morgan fingerprint density at radius 3 is 2.67 bits per heavy atom. The molecule has 0 atom stereocenters. The average molecular weight is 249 g/mol. The molecule has 2 heterocycles. The number of nitrogens with zero attached hydrogens (tertiary/aromatic N) is 4. The van der Waals surface area contributed by atoms with E-state index in [4.69, 9.17) is 0 Å². The molecule has 18 heavy (non-hydrogen) atoms. The highest BCUT2D eigenvalue weighted by atomic mass is 15.3. The molecular weight excluding hydrogens is 226 g/mol. The fraction of sp³-hybridized carbons (Fsp3) is 0.692. The molecule has 0 amide bonds. The highest BCUT2D eigenvalue weighted by molar-refractivity contribution is 5.42. The monoisotopic (exact) mass is 249 g/mol. The molecular formula is C13H23N5. The molecule has 0 unspecified atom stereocenters. The van der Waals surface area contributed by atoms with Crippen LogP contribution in [0.5, 0.6) is 0 Å². The fourth-order valence-electron chi connectivity index (χ4n) is 2.29. The van der Waals surface area contributed by atoms with Gasteiger partial charge in [0.25, 0.3) is 0 Å². The van der Waals surface area contributed by atoms with Gasteiger partial charge in [-0.05, 0) is 26.0 Å². The molecule has 0 aromatic carbocycles. The van der Waals surface area contributed by atoms with Crippen LogP contribution in [0.1, 0.15) is 20.3 Å². The van der Waals surface area contributed by atoms with Gasteiger partial charge >= 0.3 is 0 Å². The van der Waals surface area contributed by atoms with Crippen LogP contribution in [0.2, 0.25) is 0 Å². The summed E-state index contributed by atoms with van der Waals surface area (Å²) in [5, 5.41) is 3.16. The first-order chi connectivity index (χ1) is 8.83. The van der Waals surface area contributed by atoms with Crippen molar-refractivity contribution < 1.29 is 0 Å². The van der Waals surface area contributed by atoms with Gasteiger partial charge in [-0.15, -0.1) is 0 Å². The van der Waals surface area contributed by atoms with E-state index in [1.165, 1.54) is 13.0 Å². The molecule has 5 heteroatoms. The molecule has 1 aliphatic rings. The largest absolute Gasteiger partial charge is 0.354 e. The Hall–Kier alpha value is -1.36. The van der Waals surface area contributed by atoms with Crippen molar-refractivity contribution in [3.05, 3.63) is 12.3 Å². The van der Waals surface area contributed by atoms with Crippen molar-refractivity contribution >= 4 is 11.8 Å². The molecule has 1 fully saturated rings. The quantitative estimate of drug-likeness (QED) is 0.855. The fourth-order valence-corrected chi connectivity index (χ4v) is 2.29. The van der Waals surface area contributed by atoms with E-state index in [-0.39, 0.29) is 0 Å². The van der Waals surface area contributed by atoms with E-state index >= 15 is 0 Å². The Kier molecular flexibility index (Phi) is 4.75. The van der Waals surface area contributed by atoms with Crippen LogP contribution in [0.4, 0.5) is 11.8 Å². The molecule has 1 aliphatic heterocycles. The maximum Gasteiger partial charge on any atom is 0.224 e. The van der Waals surface area contributed by atoms with E-state index in [0.29, 0.717) is 0 Å². The molecule has 0 saturated carbocycles. The van der Waals surface area contributed by atoms with Gasteiger partial charge in [0.05, 0.1) is 0 Å². The van der Waals surface area contributed by atoms with E-state index in [1.807, 2.05) is 12.3 Å². The van der Waals surface area contributed by atoms with E-state index in [9.17, 15) is 0 Å². The third kappa shape index (κ3) is 3.32. The summed E-state index contributed by atoms with van der Waals surface area (Å²) in [6, 6.07) is 2.00. The average Bonchev–Trinajstić information content (AvgIpc) is 2.41. The Morgan fingerprint density at radius 2 is 2.00 bits per heavy atom. The van der Waals surface area contributed by atoms with Gasteiger partial charge in [-0.3, -0.25) is 4.90 Å². The number of nitrogens with one attached hydrogen (secondary N) is 1. The molecule has 1 aromatic heterocycles. The number of anilines is 2. The zero-order valence-electron chi connectivity index (χ0n) is 11.4. The predicted molar refractivity (Wildman–Crippen MR) is 75.1 cm³/mol. The molecule has 0 radical (unpaired) electrons. The van der Waals surface area contributed by atoms with Crippen molar-refractivity contribution in [3.8, 4) is 0 Å². The first-order valence-electron chi connectivity index (χ1n) is 6.87. The topological polar surface area (TPSA) is 44.3 Å². The Balaban J connectivity index is 1.94. The lowest BCUT2D eigenvalue weighted by molar-refractivity contribution is 0.258. The normalized spacial score (nSPS) is 16.9. The van der Waals surface area contributed by atoms with E-state index in [0.717, 1.165) is 44.5 Å². The molecule has 1 aromatic rings. The van der Waals surface area contributed by atoms with Gasteiger partial charge in [0, 0.05) is 38.9 Å². The van der Waals surface area contributed by atoms with Gasteiger partial charge in [-0.2, -0.15) is 4.98 Å². The summed E-state index contributed by atoms with van der Waals surface area (Å²) in [4.78, 5) is 13.6. The summed E-state index contributed by atoms with van der Waals surface area (Å²) in [6.45, 7) is 10.7. The molecule has 0 bridgehead atoms. The Labute approximate surface area is 109 Å². The van der Waals surface area contributed by atoms with Gasteiger partial charge in [0.15, 0.2) is 0 Å². The summed E-state index contributed by atoms with van der Waals surface area (Å²) >= 11 is 0. The molecule has 2 rings (SSSR count). The summed E-state index contributed by atoms with van der Waals surface area (Å²) in [5.74, 6) is 1.77. The molecule has 100 valence electrons. The van der Waals surface area contributed by atoms with Crippen LogP contribution >= 0.6 is 0 Å². The van der Waals surface area contributed by atoms with Crippen LogP contribution in [-0.2, 0) is 0 Å². The minimum absolute atomic E-state index is 0.728. The number of piperazine rings is 1. The van der Waals surface area contributed by atoms with Crippen molar-refractivity contribution in [2.75, 3.05) is 49.5 Å². The van der Waals surface area contributed by atoms with Gasteiger partial charge in [0.1, 0.15) is 5.82 Å². The van der Waals surface area contributed by atoms with Crippen molar-refractivity contribution in [3.63, 3.8) is 0 Å². The first-order valence-corrected chi connectivity index (χ1v) is 6.87. The summed E-state index contributed by atoms with van der Waals surface area (Å²) in [7, 11) is 0. The van der Waals surface area contributed by atoms with E-state index in [2.05, 4.69) is 38.9 Å². The molecule has 0 aliphatic carbocycles. The predicted octanol–water partition coefficient (Wildman–Crippen LogP) is 1.44. The second kappa shape index (κ2) is 6.54. The van der Waals surface area contributed by atoms with Crippen LogP contribution in [0.15, 0.2) is 12.3 Å². The standard InChI is InChI=1S/C13H23N5/c1-3-7-17-8-10-18(11-9-17)12-5-6-15-13(16-12)14-4-2/h5-6H,3-4,7-11H2,1-2H3,(H,14,15,16). The highest BCUT2D eigenvalue weighted by Gasteiger charge is 2.17. The summed E-state index contributed by atoms with van der Waals surface area (Å²) in [5.41, 5.74) is 0. The van der Waals surface area contributed by atoms with E-state index < -0.39 is 0 Å². The van der Waals surface area contributed by atoms with E-state index in [1.54, 1.807) is 0 Å². The van der Waals surface area contributed by atoms with Crippen molar-refractivity contribution in [2.45, 2.75) is 20.3 Å². The van der Waals surface area contributed by atoms with Gasteiger partial charge < -0.3 is 10.2 Å². The maximum absolute atomic E-state index is 4.54. The van der Waals surface area contributed by atoms with Crippen LogP contribution in [0.3, 0.4) is 0 Å². The van der Waals surface area contributed by atoms with Gasteiger partial charge in [0.2, 0.25) is 5.95 Å². The zero-order chi connectivity index (χ0) is 12.8.